The summed E-state index contributed by atoms with van der Waals surface area (Å²) in [6.07, 6.45) is 2.91. The molecule has 16 heavy (non-hydrogen) atoms. The Balaban J connectivity index is 2.57. The first kappa shape index (κ1) is 11.1. The van der Waals surface area contributed by atoms with Gasteiger partial charge in [-0.2, -0.15) is 4.99 Å². The minimum atomic E-state index is -0.654. The van der Waals surface area contributed by atoms with E-state index >= 15 is 0 Å². The van der Waals surface area contributed by atoms with Crippen molar-refractivity contribution in [2.45, 2.75) is 18.4 Å². The first-order valence-corrected chi connectivity index (χ1v) is 5.14. The van der Waals surface area contributed by atoms with Gasteiger partial charge in [0.2, 0.25) is 6.08 Å². The van der Waals surface area contributed by atoms with Crippen LogP contribution in [0.25, 0.3) is 0 Å². The molecule has 3 nitrogen and oxygen atoms in total. The third-order valence-corrected chi connectivity index (χ3v) is 3.03. The van der Waals surface area contributed by atoms with Crippen LogP contribution in [0.1, 0.15) is 18.4 Å². The van der Waals surface area contributed by atoms with Crippen molar-refractivity contribution in [3.05, 3.63) is 28.5 Å². The highest BCUT2D eigenvalue weighted by atomic mass is 35.5. The van der Waals surface area contributed by atoms with E-state index in [1.807, 2.05) is 0 Å². The predicted molar refractivity (Wildman–Crippen MR) is 57.0 cm³/mol. The lowest BCUT2D eigenvalue weighted by molar-refractivity contribution is 0.376. The van der Waals surface area contributed by atoms with Crippen LogP contribution in [0.2, 0.25) is 5.02 Å². The molecule has 84 valence electrons. The van der Waals surface area contributed by atoms with Gasteiger partial charge in [-0.3, -0.25) is 0 Å². The molecule has 1 aromatic rings. The Morgan fingerprint density at radius 1 is 1.56 bits per heavy atom. The minimum absolute atomic E-state index is 0.00789. The summed E-state index contributed by atoms with van der Waals surface area (Å²) in [6, 6.07) is 3.08. The highest BCUT2D eigenvalue weighted by Gasteiger charge is 2.47. The first-order chi connectivity index (χ1) is 7.64. The van der Waals surface area contributed by atoms with Gasteiger partial charge in [0.15, 0.2) is 11.6 Å². The van der Waals surface area contributed by atoms with E-state index in [-0.39, 0.29) is 10.8 Å². The molecule has 0 aromatic heterocycles. The fourth-order valence-electron chi connectivity index (χ4n) is 1.75. The molecule has 0 amide bonds. The molecular weight excluding hydrogens is 233 g/mol. The van der Waals surface area contributed by atoms with Gasteiger partial charge in [-0.15, -0.1) is 0 Å². The molecule has 1 fully saturated rings. The van der Waals surface area contributed by atoms with E-state index < -0.39 is 11.4 Å². The highest BCUT2D eigenvalue weighted by Crippen LogP contribution is 2.53. The van der Waals surface area contributed by atoms with Crippen molar-refractivity contribution in [3.63, 3.8) is 0 Å². The maximum atomic E-state index is 13.7. The Labute approximate surface area is 96.9 Å². The van der Waals surface area contributed by atoms with Crippen molar-refractivity contribution in [2.24, 2.45) is 4.99 Å². The summed E-state index contributed by atoms with van der Waals surface area (Å²) in [5, 5.41) is -0.00789. The van der Waals surface area contributed by atoms with Crippen molar-refractivity contribution in [3.8, 4) is 5.75 Å². The third kappa shape index (κ3) is 1.60. The van der Waals surface area contributed by atoms with Crippen molar-refractivity contribution >= 4 is 17.7 Å². The van der Waals surface area contributed by atoms with E-state index in [2.05, 4.69) is 4.99 Å². The summed E-state index contributed by atoms with van der Waals surface area (Å²) >= 11 is 5.65. The monoisotopic (exact) mass is 241 g/mol. The predicted octanol–water partition coefficient (Wildman–Crippen LogP) is 2.81. The van der Waals surface area contributed by atoms with Gasteiger partial charge in [0.25, 0.3) is 0 Å². The summed E-state index contributed by atoms with van der Waals surface area (Å²) in [6.45, 7) is 0. The molecule has 1 saturated carbocycles. The molecule has 0 radical (unpaired) electrons. The quantitative estimate of drug-likeness (QED) is 0.603. The number of hydrogen-bond donors (Lipinski definition) is 0. The molecule has 0 saturated heterocycles. The summed E-state index contributed by atoms with van der Waals surface area (Å²) in [4.78, 5) is 14.1. The highest BCUT2D eigenvalue weighted by molar-refractivity contribution is 6.30. The Morgan fingerprint density at radius 2 is 2.25 bits per heavy atom. The molecule has 0 unspecified atom stereocenters. The number of aliphatic imine (C=N–C) groups is 1. The van der Waals surface area contributed by atoms with Crippen LogP contribution in [0.3, 0.4) is 0 Å². The fourth-order valence-corrected chi connectivity index (χ4v) is 1.89. The maximum Gasteiger partial charge on any atom is 0.235 e. The number of rotatable bonds is 3. The van der Waals surface area contributed by atoms with Gasteiger partial charge >= 0.3 is 0 Å². The van der Waals surface area contributed by atoms with Gasteiger partial charge in [-0.25, -0.2) is 9.18 Å². The normalized spacial score (nSPS) is 16.4. The van der Waals surface area contributed by atoms with E-state index in [4.69, 9.17) is 16.3 Å². The fraction of sp³-hybridized carbons (Fsp3) is 0.364. The van der Waals surface area contributed by atoms with Crippen LogP contribution in [-0.2, 0) is 10.3 Å². The van der Waals surface area contributed by atoms with Crippen molar-refractivity contribution < 1.29 is 13.9 Å². The molecule has 0 spiro atoms. The Morgan fingerprint density at radius 3 is 2.75 bits per heavy atom. The molecule has 0 N–H and O–H groups in total. The van der Waals surface area contributed by atoms with Crippen molar-refractivity contribution in [2.75, 3.05) is 7.11 Å². The number of hydrogen-bond acceptors (Lipinski definition) is 3. The average molecular weight is 242 g/mol. The van der Waals surface area contributed by atoms with Gasteiger partial charge < -0.3 is 4.74 Å². The van der Waals surface area contributed by atoms with Crippen molar-refractivity contribution in [1.82, 2.24) is 0 Å². The molecule has 2 rings (SSSR count). The van der Waals surface area contributed by atoms with E-state index in [0.29, 0.717) is 18.4 Å². The number of halogens is 2. The van der Waals surface area contributed by atoms with Crippen LogP contribution in [0.5, 0.6) is 5.75 Å². The number of benzene rings is 1. The Bertz CT molecular complexity index is 479. The standard InChI is InChI=1S/C11H9ClFNO2/c1-16-10-7(2-3-8(12)9(10)13)11(4-5-11)14-6-15/h2-3H,4-5H2,1H3. The molecule has 0 aliphatic heterocycles. The molecule has 0 bridgehead atoms. The number of isocyanates is 1. The summed E-state index contributed by atoms with van der Waals surface area (Å²) in [7, 11) is 1.36. The van der Waals surface area contributed by atoms with Gasteiger partial charge in [0, 0.05) is 5.56 Å². The van der Waals surface area contributed by atoms with Gasteiger partial charge in [0.1, 0.15) is 5.54 Å². The van der Waals surface area contributed by atoms with E-state index in [1.54, 1.807) is 6.07 Å². The third-order valence-electron chi connectivity index (χ3n) is 2.74. The molecule has 1 aromatic carbocycles. The van der Waals surface area contributed by atoms with Gasteiger partial charge in [-0.05, 0) is 18.9 Å². The Hall–Kier alpha value is -1.38. The van der Waals surface area contributed by atoms with Crippen LogP contribution < -0.4 is 4.74 Å². The molecule has 1 aliphatic carbocycles. The second-order valence-electron chi connectivity index (χ2n) is 3.68. The smallest absolute Gasteiger partial charge is 0.235 e. The zero-order valence-electron chi connectivity index (χ0n) is 8.59. The summed E-state index contributed by atoms with van der Waals surface area (Å²) < 4.78 is 18.6. The Kier molecular flexibility index (Phi) is 2.70. The number of methoxy groups -OCH3 is 1. The molecule has 1 aliphatic rings. The zero-order valence-corrected chi connectivity index (χ0v) is 9.34. The van der Waals surface area contributed by atoms with E-state index in [1.165, 1.54) is 19.3 Å². The second kappa shape index (κ2) is 3.89. The lowest BCUT2D eigenvalue weighted by Gasteiger charge is -2.14. The number of carbonyl (C=O) groups excluding carboxylic acids is 1. The molecular formula is C11H9ClFNO2. The average Bonchev–Trinajstić information content (AvgIpc) is 3.03. The SMILES string of the molecule is COc1c(C2(N=C=O)CC2)ccc(Cl)c1F. The zero-order chi connectivity index (χ0) is 11.8. The van der Waals surface area contributed by atoms with Gasteiger partial charge in [0.05, 0.1) is 12.1 Å². The van der Waals surface area contributed by atoms with Gasteiger partial charge in [-0.1, -0.05) is 17.7 Å². The molecule has 0 atom stereocenters. The van der Waals surface area contributed by atoms with E-state index in [0.717, 1.165) is 0 Å². The van der Waals surface area contributed by atoms with Crippen LogP contribution in [0.15, 0.2) is 17.1 Å². The van der Waals surface area contributed by atoms with E-state index in [9.17, 15) is 9.18 Å². The van der Waals surface area contributed by atoms with Crippen LogP contribution >= 0.6 is 11.6 Å². The second-order valence-corrected chi connectivity index (χ2v) is 4.08. The lowest BCUT2D eigenvalue weighted by Crippen LogP contribution is -2.06. The molecule has 0 heterocycles. The van der Waals surface area contributed by atoms with Crippen LogP contribution in [0, 0.1) is 5.82 Å². The lowest BCUT2D eigenvalue weighted by atomic mass is 10.0. The topological polar surface area (TPSA) is 38.7 Å². The van der Waals surface area contributed by atoms with Crippen LogP contribution in [-0.4, -0.2) is 13.2 Å². The largest absolute Gasteiger partial charge is 0.493 e. The first-order valence-electron chi connectivity index (χ1n) is 4.76. The number of nitrogens with zero attached hydrogens (tertiary/aromatic N) is 1. The minimum Gasteiger partial charge on any atom is -0.493 e. The van der Waals surface area contributed by atoms with Crippen molar-refractivity contribution in [1.29, 1.82) is 0 Å². The summed E-state index contributed by atoms with van der Waals surface area (Å²) in [5.74, 6) is -0.557. The number of ether oxygens (including phenoxy) is 1. The molecule has 5 heteroatoms. The maximum absolute atomic E-state index is 13.7. The van der Waals surface area contributed by atoms with Crippen LogP contribution in [0.4, 0.5) is 4.39 Å². The summed E-state index contributed by atoms with van der Waals surface area (Å²) in [5.41, 5.74) is -0.0985.